The maximum absolute atomic E-state index is 12.3. The summed E-state index contributed by atoms with van der Waals surface area (Å²) in [5.74, 6) is 5.94. The van der Waals surface area contributed by atoms with Crippen molar-refractivity contribution in [1.29, 1.82) is 0 Å². The Morgan fingerprint density at radius 3 is 2.61 bits per heavy atom. The molecule has 1 aromatic heterocycles. The van der Waals surface area contributed by atoms with Gasteiger partial charge in [0.25, 0.3) is 0 Å². The lowest BCUT2D eigenvalue weighted by molar-refractivity contribution is 0.180. The molecule has 164 valence electrons. The molecule has 0 spiro atoms. The predicted molar refractivity (Wildman–Crippen MR) is 119 cm³/mol. The summed E-state index contributed by atoms with van der Waals surface area (Å²) < 4.78 is 8.32. The van der Waals surface area contributed by atoms with Crippen LogP contribution in [0.5, 0.6) is 0 Å². The number of oxime groups is 1. The Balaban J connectivity index is 2.18. The molecule has 2 aromatic rings. The van der Waals surface area contributed by atoms with Gasteiger partial charge in [0.15, 0.2) is 6.61 Å². The van der Waals surface area contributed by atoms with Crippen molar-refractivity contribution in [2.75, 3.05) is 6.61 Å². The molecule has 10 heteroatoms. The van der Waals surface area contributed by atoms with Gasteiger partial charge in [0.05, 0.1) is 17.1 Å². The number of tetrazole rings is 1. The molecule has 0 radical (unpaired) electrons. The molecule has 0 unspecified atom stereocenters. The standard InChI is InChI=1S/C21H27N7O3/c1-7-9-13-31-24-17(5)16(4)22-23-20(8-2)30-14-18-15(3)11-10-12-19(18)28-21(29)27(6)25-26-28/h10-12H,8,13-14H2,1-6H3/b22-16?,23-20+,24-17?. The maximum atomic E-state index is 12.3. The summed E-state index contributed by atoms with van der Waals surface area (Å²) in [6.45, 7) is 9.59. The van der Waals surface area contributed by atoms with Crippen LogP contribution >= 0.6 is 0 Å². The summed E-state index contributed by atoms with van der Waals surface area (Å²) >= 11 is 0. The van der Waals surface area contributed by atoms with Crippen LogP contribution in [-0.2, 0) is 23.2 Å². The van der Waals surface area contributed by atoms with Crippen molar-refractivity contribution < 1.29 is 9.57 Å². The highest BCUT2D eigenvalue weighted by Gasteiger charge is 2.14. The summed E-state index contributed by atoms with van der Waals surface area (Å²) in [5, 5.41) is 20.0. The highest BCUT2D eigenvalue weighted by molar-refractivity contribution is 6.40. The lowest BCUT2D eigenvalue weighted by Crippen LogP contribution is -2.23. The third-order valence-electron chi connectivity index (χ3n) is 4.37. The maximum Gasteiger partial charge on any atom is 0.368 e. The van der Waals surface area contributed by atoms with Gasteiger partial charge in [0, 0.05) is 19.0 Å². The molecule has 10 nitrogen and oxygen atoms in total. The fraction of sp³-hybridized carbons (Fsp3) is 0.429. The first-order valence-corrected chi connectivity index (χ1v) is 9.77. The summed E-state index contributed by atoms with van der Waals surface area (Å²) in [6.07, 6.45) is 0.544. The molecule has 2 rings (SSSR count). The van der Waals surface area contributed by atoms with Crippen molar-refractivity contribution in [1.82, 2.24) is 19.8 Å². The molecule has 0 saturated heterocycles. The molecule has 0 aliphatic rings. The van der Waals surface area contributed by atoms with Crippen molar-refractivity contribution in [3.63, 3.8) is 0 Å². The second-order valence-corrected chi connectivity index (χ2v) is 6.57. The number of hydrogen-bond donors (Lipinski definition) is 0. The minimum atomic E-state index is -0.335. The van der Waals surface area contributed by atoms with Crippen LogP contribution in [0.3, 0.4) is 0 Å². The Bertz CT molecular complexity index is 1110. The Labute approximate surface area is 181 Å². The summed E-state index contributed by atoms with van der Waals surface area (Å²) in [5.41, 5.74) is 3.25. The summed E-state index contributed by atoms with van der Waals surface area (Å²) in [6, 6.07) is 5.60. The molecule has 0 amide bonds. The van der Waals surface area contributed by atoms with Crippen molar-refractivity contribution in [2.24, 2.45) is 22.4 Å². The van der Waals surface area contributed by atoms with Crippen LogP contribution in [0.15, 0.2) is 38.4 Å². The van der Waals surface area contributed by atoms with Crippen molar-refractivity contribution in [3.8, 4) is 17.5 Å². The quantitative estimate of drug-likeness (QED) is 0.212. The van der Waals surface area contributed by atoms with Crippen LogP contribution in [0, 0.1) is 18.8 Å². The van der Waals surface area contributed by atoms with E-state index in [9.17, 15) is 4.79 Å². The van der Waals surface area contributed by atoms with E-state index in [-0.39, 0.29) is 18.9 Å². The van der Waals surface area contributed by atoms with Gasteiger partial charge in [-0.25, -0.2) is 4.79 Å². The fourth-order valence-corrected chi connectivity index (χ4v) is 2.40. The van der Waals surface area contributed by atoms with E-state index in [2.05, 4.69) is 37.6 Å². The largest absolute Gasteiger partial charge is 0.475 e. The van der Waals surface area contributed by atoms with E-state index in [1.165, 1.54) is 9.36 Å². The zero-order chi connectivity index (χ0) is 22.8. The second-order valence-electron chi connectivity index (χ2n) is 6.57. The monoisotopic (exact) mass is 425 g/mol. The van der Waals surface area contributed by atoms with Crippen LogP contribution < -0.4 is 5.69 Å². The Kier molecular flexibility index (Phi) is 8.69. The van der Waals surface area contributed by atoms with E-state index in [0.29, 0.717) is 29.4 Å². The van der Waals surface area contributed by atoms with Crippen LogP contribution in [0.25, 0.3) is 5.69 Å². The molecular formula is C21H27N7O3. The van der Waals surface area contributed by atoms with E-state index in [4.69, 9.17) is 9.57 Å². The lowest BCUT2D eigenvalue weighted by Gasteiger charge is -2.13. The zero-order valence-corrected chi connectivity index (χ0v) is 18.7. The van der Waals surface area contributed by atoms with Gasteiger partial charge in [-0.05, 0) is 49.8 Å². The van der Waals surface area contributed by atoms with Gasteiger partial charge in [0.1, 0.15) is 6.61 Å². The number of aryl methyl sites for hydroxylation is 2. The smallest absolute Gasteiger partial charge is 0.368 e. The van der Waals surface area contributed by atoms with E-state index in [1.54, 1.807) is 33.9 Å². The van der Waals surface area contributed by atoms with Gasteiger partial charge in [-0.15, -0.1) is 11.0 Å². The first-order valence-electron chi connectivity index (χ1n) is 9.77. The van der Waals surface area contributed by atoms with Crippen LogP contribution in [0.2, 0.25) is 0 Å². The number of aromatic nitrogens is 4. The van der Waals surface area contributed by atoms with Gasteiger partial charge in [-0.1, -0.05) is 30.1 Å². The topological polar surface area (TPSA) is 108 Å². The second kappa shape index (κ2) is 11.4. The summed E-state index contributed by atoms with van der Waals surface area (Å²) in [7, 11) is 1.55. The molecular weight excluding hydrogens is 398 g/mol. The number of nitrogens with zero attached hydrogens (tertiary/aromatic N) is 7. The minimum Gasteiger partial charge on any atom is -0.475 e. The normalized spacial score (nSPS) is 12.4. The van der Waals surface area contributed by atoms with E-state index in [1.807, 2.05) is 26.0 Å². The lowest BCUT2D eigenvalue weighted by atomic mass is 10.1. The Morgan fingerprint density at radius 1 is 1.19 bits per heavy atom. The van der Waals surface area contributed by atoms with E-state index >= 15 is 0 Å². The van der Waals surface area contributed by atoms with Gasteiger partial charge in [-0.3, -0.25) is 0 Å². The zero-order valence-electron chi connectivity index (χ0n) is 18.7. The number of ether oxygens (including phenoxy) is 1. The summed E-state index contributed by atoms with van der Waals surface area (Å²) in [4.78, 5) is 17.4. The van der Waals surface area contributed by atoms with Crippen LogP contribution in [0.1, 0.15) is 45.2 Å². The minimum absolute atomic E-state index is 0.206. The SMILES string of the molecule is CC#CCON=C(C)C(C)=N/N=C(\CC)OCc1c(C)cccc1-n1nnn(C)c1=O. The first kappa shape index (κ1) is 23.5. The number of hydrogen-bond acceptors (Lipinski definition) is 8. The highest BCUT2D eigenvalue weighted by atomic mass is 16.6. The molecule has 0 bridgehead atoms. The number of benzene rings is 1. The first-order chi connectivity index (χ1) is 14.9. The van der Waals surface area contributed by atoms with Crippen molar-refractivity contribution >= 4 is 17.3 Å². The molecule has 1 heterocycles. The molecule has 0 aliphatic heterocycles. The molecule has 0 saturated carbocycles. The van der Waals surface area contributed by atoms with E-state index < -0.39 is 0 Å². The highest BCUT2D eigenvalue weighted by Crippen LogP contribution is 2.18. The average molecular weight is 425 g/mol. The van der Waals surface area contributed by atoms with Gasteiger partial charge >= 0.3 is 5.69 Å². The van der Waals surface area contributed by atoms with Gasteiger partial charge < -0.3 is 9.57 Å². The van der Waals surface area contributed by atoms with Crippen LogP contribution in [0.4, 0.5) is 0 Å². The van der Waals surface area contributed by atoms with Crippen molar-refractivity contribution in [2.45, 2.75) is 47.6 Å². The van der Waals surface area contributed by atoms with E-state index in [0.717, 1.165) is 11.1 Å². The number of rotatable bonds is 8. The molecule has 0 atom stereocenters. The van der Waals surface area contributed by atoms with Gasteiger partial charge in [-0.2, -0.15) is 14.5 Å². The fourth-order valence-electron chi connectivity index (χ4n) is 2.40. The van der Waals surface area contributed by atoms with Gasteiger partial charge in [0.2, 0.25) is 5.90 Å². The molecule has 0 aliphatic carbocycles. The Morgan fingerprint density at radius 2 is 1.97 bits per heavy atom. The molecule has 0 N–H and O–H groups in total. The average Bonchev–Trinajstić information content (AvgIpc) is 3.09. The molecule has 1 aromatic carbocycles. The molecule has 31 heavy (non-hydrogen) atoms. The predicted octanol–water partition coefficient (Wildman–Crippen LogP) is 2.39. The third kappa shape index (κ3) is 6.37. The third-order valence-corrected chi connectivity index (χ3v) is 4.37. The molecule has 0 fully saturated rings. The van der Waals surface area contributed by atoms with Crippen molar-refractivity contribution in [3.05, 3.63) is 39.8 Å². The van der Waals surface area contributed by atoms with Crippen LogP contribution in [-0.4, -0.2) is 43.7 Å². The Hall–Kier alpha value is -3.74.